The van der Waals surface area contributed by atoms with Crippen molar-refractivity contribution in [3.05, 3.63) is 58.3 Å². The molecule has 0 aliphatic rings. The summed E-state index contributed by atoms with van der Waals surface area (Å²) in [4.78, 5) is 13.0. The largest absolute Gasteiger partial charge is 0.338 e. The van der Waals surface area contributed by atoms with E-state index in [9.17, 15) is 8.42 Å². The minimum Gasteiger partial charge on any atom is -0.338 e. The van der Waals surface area contributed by atoms with E-state index in [1.165, 1.54) is 11.8 Å². The van der Waals surface area contributed by atoms with Gasteiger partial charge in [-0.15, -0.1) is 0 Å². The molecule has 0 aliphatic carbocycles. The van der Waals surface area contributed by atoms with Crippen LogP contribution in [0.2, 0.25) is 10.0 Å². The van der Waals surface area contributed by atoms with Crippen LogP contribution in [-0.4, -0.2) is 36.7 Å². The van der Waals surface area contributed by atoms with Crippen LogP contribution in [0.25, 0.3) is 11.3 Å². The molecule has 0 aliphatic heterocycles. The topological polar surface area (TPSA) is 94.1 Å². The number of nitrogens with one attached hydrogen (secondary N) is 1. The first-order valence-corrected chi connectivity index (χ1v) is 11.7. The molecule has 1 N–H and O–H groups in total. The van der Waals surface area contributed by atoms with E-state index in [0.717, 1.165) is 7.11 Å². The number of nitrogens with zero attached hydrogens (tertiary/aromatic N) is 3. The molecule has 0 spiro atoms. The van der Waals surface area contributed by atoms with Crippen LogP contribution in [0.4, 0.5) is 11.5 Å². The Hall–Kier alpha value is -1.91. The molecule has 0 unspecified atom stereocenters. The highest BCUT2D eigenvalue weighted by Gasteiger charge is 2.14. The van der Waals surface area contributed by atoms with Gasteiger partial charge in [-0.1, -0.05) is 35.0 Å². The summed E-state index contributed by atoms with van der Waals surface area (Å²) in [5.41, 5.74) is 2.24. The Morgan fingerprint density at radius 2 is 1.72 bits per heavy atom. The van der Waals surface area contributed by atoms with Gasteiger partial charge in [0.25, 0.3) is 10.1 Å². The minimum atomic E-state index is -3.72. The van der Waals surface area contributed by atoms with Crippen LogP contribution in [0, 0.1) is 0 Å². The van der Waals surface area contributed by atoms with Crippen molar-refractivity contribution in [2.24, 2.45) is 0 Å². The summed E-state index contributed by atoms with van der Waals surface area (Å²) >= 11 is 13.6. The molecule has 0 amide bonds. The third-order valence-electron chi connectivity index (χ3n) is 3.72. The van der Waals surface area contributed by atoms with Crippen molar-refractivity contribution in [3.8, 4) is 11.3 Å². The fourth-order valence-electron chi connectivity index (χ4n) is 2.48. The Morgan fingerprint density at radius 3 is 2.31 bits per heavy atom. The van der Waals surface area contributed by atoms with E-state index >= 15 is 0 Å². The van der Waals surface area contributed by atoms with Crippen LogP contribution in [0.1, 0.15) is 5.56 Å². The number of rotatable bonds is 7. The van der Waals surface area contributed by atoms with Crippen LogP contribution >= 0.6 is 35.0 Å². The molecule has 3 aromatic rings. The molecule has 3 rings (SSSR count). The molecule has 29 heavy (non-hydrogen) atoms. The summed E-state index contributed by atoms with van der Waals surface area (Å²) in [5, 5.41) is 4.62. The molecule has 0 atom stereocenters. The predicted molar refractivity (Wildman–Crippen MR) is 116 cm³/mol. The molecule has 0 saturated carbocycles. The van der Waals surface area contributed by atoms with Crippen molar-refractivity contribution >= 4 is 56.6 Å². The number of halogens is 2. The molecular formula is C18H16Cl2N4O3S2. The molecule has 11 heteroatoms. The zero-order valence-electron chi connectivity index (χ0n) is 15.4. The molecule has 1 aromatic carbocycles. The van der Waals surface area contributed by atoms with Crippen LogP contribution in [0.15, 0.2) is 47.9 Å². The predicted octanol–water partition coefficient (Wildman–Crippen LogP) is 4.79. The molecule has 0 bridgehead atoms. The molecule has 0 fully saturated rings. The van der Waals surface area contributed by atoms with Crippen LogP contribution in [-0.2, 0) is 20.1 Å². The maximum absolute atomic E-state index is 11.9. The second-order valence-corrected chi connectivity index (χ2v) is 9.24. The summed E-state index contributed by atoms with van der Waals surface area (Å²) in [6.07, 6.45) is 5.12. The van der Waals surface area contributed by atoms with Crippen molar-refractivity contribution in [1.29, 1.82) is 0 Å². The Balaban J connectivity index is 2.03. The lowest BCUT2D eigenvalue weighted by atomic mass is 10.1. The first-order valence-electron chi connectivity index (χ1n) is 8.17. The van der Waals surface area contributed by atoms with Crippen LogP contribution in [0.3, 0.4) is 0 Å². The van der Waals surface area contributed by atoms with Crippen molar-refractivity contribution in [3.63, 3.8) is 0 Å². The SMILES string of the molecule is COS(=O)(=O)Cc1cc(Nc2cnc(SC)nc2)nc(-c2cc(Cl)cc(Cl)c2)c1. The normalized spacial score (nSPS) is 11.4. The van der Waals surface area contributed by atoms with E-state index in [4.69, 9.17) is 23.2 Å². The number of thioether (sulfide) groups is 1. The van der Waals surface area contributed by atoms with Gasteiger partial charge in [-0.2, -0.15) is 8.42 Å². The molecular weight excluding hydrogens is 455 g/mol. The van der Waals surface area contributed by atoms with Crippen LogP contribution in [0.5, 0.6) is 0 Å². The number of hydrogen-bond acceptors (Lipinski definition) is 8. The van der Waals surface area contributed by atoms with Gasteiger partial charge in [-0.25, -0.2) is 15.0 Å². The van der Waals surface area contributed by atoms with Crippen LogP contribution < -0.4 is 5.32 Å². The smallest absolute Gasteiger partial charge is 0.271 e. The fourth-order valence-corrected chi connectivity index (χ4v) is 4.02. The lowest BCUT2D eigenvalue weighted by Gasteiger charge is -2.11. The fraction of sp³-hybridized carbons (Fsp3) is 0.167. The highest BCUT2D eigenvalue weighted by molar-refractivity contribution is 7.98. The third kappa shape index (κ3) is 6.03. The molecule has 7 nitrogen and oxygen atoms in total. The van der Waals surface area contributed by atoms with Gasteiger partial charge in [-0.05, 0) is 42.2 Å². The lowest BCUT2D eigenvalue weighted by molar-refractivity contribution is 0.397. The maximum Gasteiger partial charge on any atom is 0.271 e. The third-order valence-corrected chi connectivity index (χ3v) is 5.93. The van der Waals surface area contributed by atoms with E-state index in [-0.39, 0.29) is 5.75 Å². The molecule has 2 aromatic heterocycles. The first kappa shape index (κ1) is 21.8. The molecule has 0 saturated heterocycles. The highest BCUT2D eigenvalue weighted by Crippen LogP contribution is 2.29. The number of hydrogen-bond donors (Lipinski definition) is 1. The van der Waals surface area contributed by atoms with Crippen molar-refractivity contribution in [2.75, 3.05) is 18.7 Å². The Morgan fingerprint density at radius 1 is 1.07 bits per heavy atom. The molecule has 0 radical (unpaired) electrons. The van der Waals surface area contributed by atoms with Gasteiger partial charge in [0, 0.05) is 15.6 Å². The summed E-state index contributed by atoms with van der Waals surface area (Å²) in [6.45, 7) is 0. The highest BCUT2D eigenvalue weighted by atomic mass is 35.5. The van der Waals surface area contributed by atoms with Gasteiger partial charge in [0.2, 0.25) is 0 Å². The van der Waals surface area contributed by atoms with Crippen molar-refractivity contribution in [2.45, 2.75) is 10.9 Å². The average molecular weight is 471 g/mol. The standard InChI is InChI=1S/C18H16Cl2N4O3S2/c1-27-29(25,26)10-11-3-16(12-5-13(19)7-14(20)6-12)24-17(4-11)23-15-8-21-18(28-2)22-9-15/h3-9H,10H2,1-2H3,(H,23,24). The van der Waals surface area contributed by atoms with E-state index in [2.05, 4.69) is 24.5 Å². The minimum absolute atomic E-state index is 0.316. The summed E-state index contributed by atoms with van der Waals surface area (Å²) < 4.78 is 28.5. The quantitative estimate of drug-likeness (QED) is 0.299. The summed E-state index contributed by atoms with van der Waals surface area (Å²) in [6, 6.07) is 8.27. The second-order valence-electron chi connectivity index (χ2n) is 5.86. The van der Waals surface area contributed by atoms with Gasteiger partial charge in [0.15, 0.2) is 5.16 Å². The Labute approximate surface area is 183 Å². The van der Waals surface area contributed by atoms with Gasteiger partial charge >= 0.3 is 0 Å². The Bertz CT molecular complexity index is 1110. The van der Waals surface area contributed by atoms with Gasteiger partial charge in [0.05, 0.1) is 30.9 Å². The van der Waals surface area contributed by atoms with Crippen molar-refractivity contribution < 1.29 is 12.6 Å². The lowest BCUT2D eigenvalue weighted by Crippen LogP contribution is -2.07. The van der Waals surface area contributed by atoms with Gasteiger partial charge in [-0.3, -0.25) is 4.18 Å². The van der Waals surface area contributed by atoms with E-state index in [0.29, 0.717) is 43.5 Å². The molecule has 152 valence electrons. The van der Waals surface area contributed by atoms with E-state index in [1.807, 2.05) is 6.26 Å². The van der Waals surface area contributed by atoms with E-state index in [1.54, 1.807) is 42.7 Å². The zero-order valence-corrected chi connectivity index (χ0v) is 18.5. The number of anilines is 2. The maximum atomic E-state index is 11.9. The summed E-state index contributed by atoms with van der Waals surface area (Å²) in [7, 11) is -2.60. The van der Waals surface area contributed by atoms with Gasteiger partial charge < -0.3 is 5.32 Å². The summed E-state index contributed by atoms with van der Waals surface area (Å²) in [5.74, 6) is 0.101. The van der Waals surface area contributed by atoms with Crippen molar-refractivity contribution in [1.82, 2.24) is 15.0 Å². The van der Waals surface area contributed by atoms with E-state index < -0.39 is 10.1 Å². The number of pyridine rings is 1. The second kappa shape index (κ2) is 9.27. The Kier molecular flexibility index (Phi) is 6.97. The average Bonchev–Trinajstić information content (AvgIpc) is 2.67. The number of aromatic nitrogens is 3. The monoisotopic (exact) mass is 470 g/mol. The van der Waals surface area contributed by atoms with Gasteiger partial charge in [0.1, 0.15) is 11.6 Å². The zero-order chi connectivity index (χ0) is 21.0. The number of benzene rings is 1. The first-order chi connectivity index (χ1) is 13.8. The molecule has 2 heterocycles.